The van der Waals surface area contributed by atoms with Crippen LogP contribution in [0.2, 0.25) is 0 Å². The number of aliphatic imine (C=N–C) groups is 1. The zero-order chi connectivity index (χ0) is 67.4. The molecule has 3 heterocycles. The van der Waals surface area contributed by atoms with Gasteiger partial charge in [0.15, 0.2) is 0 Å². The van der Waals surface area contributed by atoms with E-state index in [1.54, 1.807) is 66.9 Å². The number of carbonyl (C=O) groups excluding carboxylic acids is 7. The molecule has 0 saturated carbocycles. The van der Waals surface area contributed by atoms with E-state index in [0.29, 0.717) is 160 Å². The summed E-state index contributed by atoms with van der Waals surface area (Å²) in [5.74, 6) is -1.14. The van der Waals surface area contributed by atoms with Gasteiger partial charge in [-0.2, -0.15) is 13.5 Å². The van der Waals surface area contributed by atoms with Crippen LogP contribution in [-0.4, -0.2) is 199 Å². The number of azide groups is 2. The van der Waals surface area contributed by atoms with E-state index >= 15 is 0 Å². The van der Waals surface area contributed by atoms with Crippen molar-refractivity contribution in [2.75, 3.05) is 143 Å². The molecule has 0 saturated heterocycles. The number of carbonyl (C=O) groups is 7. The highest BCUT2D eigenvalue weighted by atomic mass is 33.1. The Labute approximate surface area is 562 Å². The van der Waals surface area contributed by atoms with Gasteiger partial charge in [0.1, 0.15) is 18.7 Å². The Morgan fingerprint density at radius 2 is 1.04 bits per heavy atom. The summed E-state index contributed by atoms with van der Waals surface area (Å²) in [4.78, 5) is 104. The Hall–Kier alpha value is -8.44. The summed E-state index contributed by atoms with van der Waals surface area (Å²) in [5, 5.41) is 14.6. The van der Waals surface area contributed by atoms with Gasteiger partial charge in [0.05, 0.1) is 63.8 Å². The van der Waals surface area contributed by atoms with Gasteiger partial charge >= 0.3 is 0 Å². The number of nitrogen functional groups attached to an aromatic ring is 2. The third-order valence-electron chi connectivity index (χ3n) is 13.0. The molecule has 6 aromatic rings. The number of H-pyrrole nitrogens is 1. The third-order valence-corrected chi connectivity index (χ3v) is 13.0. The number of imidazole rings is 1. The van der Waals surface area contributed by atoms with Gasteiger partial charge in [-0.25, -0.2) is 4.98 Å². The number of aromatic amines is 1. The van der Waals surface area contributed by atoms with Crippen LogP contribution in [0, 0.1) is 0 Å². The quantitative estimate of drug-likeness (QED) is 0.00402. The normalized spacial score (nSPS) is 11.8. The highest BCUT2D eigenvalue weighted by Crippen LogP contribution is 2.34. The van der Waals surface area contributed by atoms with Crippen LogP contribution >= 0.6 is 13.5 Å². The van der Waals surface area contributed by atoms with Gasteiger partial charge in [0.2, 0.25) is 11.8 Å². The van der Waals surface area contributed by atoms with E-state index in [2.05, 4.69) is 68.0 Å². The smallest absolute Gasteiger partial charge is 0.261 e. The van der Waals surface area contributed by atoms with E-state index in [9.17, 15) is 33.6 Å². The van der Waals surface area contributed by atoms with Crippen molar-refractivity contribution in [2.24, 2.45) is 26.7 Å². The van der Waals surface area contributed by atoms with E-state index < -0.39 is 11.8 Å². The molecule has 6 amide bonds. The molecule has 5 aromatic carbocycles. The van der Waals surface area contributed by atoms with Crippen LogP contribution in [0.25, 0.3) is 53.5 Å². The Bertz CT molecular complexity index is 3510. The van der Waals surface area contributed by atoms with Gasteiger partial charge in [-0.05, 0) is 72.4 Å². The number of benzene rings is 5. The maximum Gasteiger partial charge on any atom is 0.261 e. The Morgan fingerprint density at radius 3 is 1.53 bits per heavy atom. The fourth-order valence-corrected chi connectivity index (χ4v) is 8.82. The molecule has 0 bridgehead atoms. The zero-order valence-corrected chi connectivity index (χ0v) is 55.2. The maximum atomic E-state index is 12.9. The minimum Gasteiger partial charge on any atom is -0.398 e. The van der Waals surface area contributed by atoms with Crippen molar-refractivity contribution in [1.29, 1.82) is 0 Å². The number of hydrogen-bond donors (Lipinski definition) is 7. The van der Waals surface area contributed by atoms with Crippen LogP contribution in [0.3, 0.4) is 0 Å². The topological polar surface area (TPSA) is 448 Å². The fraction of sp³-hybridized carbons (Fsp3) is 0.417. The first-order valence-electron chi connectivity index (χ1n) is 29.4. The average Bonchev–Trinajstić information content (AvgIpc) is 0.875. The van der Waals surface area contributed by atoms with Crippen LogP contribution in [0.4, 0.5) is 11.4 Å². The summed E-state index contributed by atoms with van der Waals surface area (Å²) in [6.07, 6.45) is 4.24. The lowest BCUT2D eigenvalue weighted by Gasteiger charge is -2.27. The lowest BCUT2D eigenvalue weighted by molar-refractivity contribution is -0.121. The number of aromatic nitrogens is 2. The molecule has 2 aliphatic rings. The predicted octanol–water partition coefficient (Wildman–Crippen LogP) is 4.89. The molecule has 0 atom stereocenters. The highest BCUT2D eigenvalue weighted by molar-refractivity contribution is 8.37. The number of imide groups is 2. The van der Waals surface area contributed by atoms with E-state index in [1.807, 2.05) is 24.3 Å². The fourth-order valence-electron chi connectivity index (χ4n) is 8.82. The van der Waals surface area contributed by atoms with Crippen LogP contribution in [0.1, 0.15) is 72.9 Å². The summed E-state index contributed by atoms with van der Waals surface area (Å²) in [6.45, 7) is 7.50. The molecular weight excluding hydrogens is 1300 g/mol. The first kappa shape index (κ1) is 79.8. The molecule has 8 rings (SSSR count). The molecule has 0 aliphatic carbocycles. The Kier molecular flexibility index (Phi) is 40.3. The molecule has 2 aliphatic heterocycles. The second-order valence-corrected chi connectivity index (χ2v) is 21.1. The SMILES string of the molecule is NCCC(=O)NCCN1C(=O)c2cccc3c(N)ccc(c23)C1=O.NCc1nc2ccccc2[nH]1.S.S=S=S.[N-]=[N+]=NCCOCCCOCCCOCC=NCCC(=O)NCCN1C(=O)c2cccc3c(N)ccc(c23)C1=O.[N-]=[N+]=NCCOCCOCCOCC=O. The van der Waals surface area contributed by atoms with Crippen molar-refractivity contribution in [3.63, 3.8) is 0 Å². The first-order valence-corrected chi connectivity index (χ1v) is 32.0. The zero-order valence-electron chi connectivity index (χ0n) is 51.7. The molecule has 11 N–H and O–H groups in total. The van der Waals surface area contributed by atoms with Crippen molar-refractivity contribution in [2.45, 2.75) is 32.2 Å². The Morgan fingerprint density at radius 1 is 0.596 bits per heavy atom. The third kappa shape index (κ3) is 27.3. The largest absolute Gasteiger partial charge is 0.398 e. The highest BCUT2D eigenvalue weighted by Gasteiger charge is 2.34. The van der Waals surface area contributed by atoms with Gasteiger partial charge in [-0.15, -0.1) is 0 Å². The predicted molar refractivity (Wildman–Crippen MR) is 370 cm³/mol. The second kappa shape index (κ2) is 47.4. The molecule has 1 aromatic heterocycles. The van der Waals surface area contributed by atoms with Gasteiger partial charge in [-0.3, -0.25) is 43.6 Å². The van der Waals surface area contributed by atoms with E-state index in [-0.39, 0.29) is 89.3 Å². The van der Waals surface area contributed by atoms with Gasteiger partial charge in [0.25, 0.3) is 23.6 Å². The molecule has 94 heavy (non-hydrogen) atoms. The summed E-state index contributed by atoms with van der Waals surface area (Å²) in [7, 11) is 0.917. The van der Waals surface area contributed by atoms with Crippen molar-refractivity contribution < 1.29 is 62.0 Å². The number of rotatable bonds is 36. The number of fused-ring (bicyclic) bond motifs is 1. The number of para-hydroxylation sites is 2. The molecule has 0 spiro atoms. The molecule has 0 fully saturated rings. The number of ether oxygens (including phenoxy) is 6. The number of nitrogens with one attached hydrogen (secondary N) is 3. The number of aldehydes is 1. The van der Waals surface area contributed by atoms with E-state index in [0.717, 1.165) is 48.4 Å². The van der Waals surface area contributed by atoms with Crippen molar-refractivity contribution in [3.8, 4) is 0 Å². The minimum absolute atomic E-state index is 0. The molecule has 0 radical (unpaired) electrons. The summed E-state index contributed by atoms with van der Waals surface area (Å²) in [5.41, 5.74) is 43.6. The van der Waals surface area contributed by atoms with Gasteiger partial charge < -0.3 is 71.8 Å². The molecule has 34 heteroatoms. The standard InChI is InChI=1S/C27H35N7O6.C17H18N4O3.C8H15N3O4.C8H9N3.S3.H2S/c28-23-7-6-22-25-20(23)4-1-5-21(25)26(36)34(27(22)37)13-10-31-24(35)8-9-30-11-18-39-16-2-14-38-15-3-17-40-19-12-32-33-29;18-7-6-14(22)20-8-9-21-16(23)11-3-1-2-10-13(19)5-4-12(15(10)11)17(21)24;9-11-10-1-3-13-5-7-15-8-6-14-4-2-12;9-5-8-10-6-3-1-2-4-7(6)11-8;1-3-2;/h1,4-7,11H,2-3,8-10,12-19,28H2,(H,31,35);1-5H,6-9,18-19H2,(H,20,22);2H,1,3-8H2;1-4H,5,9H2,(H,10,11);;1H2. The lowest BCUT2D eigenvalue weighted by Crippen LogP contribution is -2.44. The lowest BCUT2D eigenvalue weighted by atomic mass is 9.93. The van der Waals surface area contributed by atoms with E-state index in [4.69, 9.17) is 62.4 Å². The maximum absolute atomic E-state index is 12.9. The summed E-state index contributed by atoms with van der Waals surface area (Å²) in [6, 6.07) is 24.9. The van der Waals surface area contributed by atoms with Crippen molar-refractivity contribution in [1.82, 2.24) is 30.4 Å². The van der Waals surface area contributed by atoms with Crippen LogP contribution in [0.15, 0.2) is 100 Å². The van der Waals surface area contributed by atoms with Crippen LogP contribution in [0.5, 0.6) is 0 Å². The number of nitrogens with zero attached hydrogens (tertiary/aromatic N) is 10. The molecule has 30 nitrogen and oxygen atoms in total. The van der Waals surface area contributed by atoms with Crippen molar-refractivity contribution >= 4 is 137 Å². The van der Waals surface area contributed by atoms with Crippen LogP contribution < -0.4 is 33.6 Å². The number of nitrogens with two attached hydrogens (primary N) is 4. The first-order chi connectivity index (χ1) is 45.3. The average molecular weight is 1370 g/mol. The number of hydrogen-bond acceptors (Lipinski definition) is 23. The van der Waals surface area contributed by atoms with E-state index in [1.165, 1.54) is 0 Å². The molecule has 0 unspecified atom stereocenters. The van der Waals surface area contributed by atoms with Crippen LogP contribution in [-0.2, 0) is 80.6 Å². The number of anilines is 2. The summed E-state index contributed by atoms with van der Waals surface area (Å²) >= 11 is 8.25. The Balaban J connectivity index is 0.000000358. The molecule has 506 valence electrons. The second-order valence-electron chi connectivity index (χ2n) is 19.3. The summed E-state index contributed by atoms with van der Waals surface area (Å²) < 4.78 is 31.3. The van der Waals surface area contributed by atoms with Crippen molar-refractivity contribution in [3.05, 3.63) is 134 Å². The number of amides is 6. The monoisotopic (exact) mass is 1370 g/mol. The van der Waals surface area contributed by atoms with Gasteiger partial charge in [0, 0.05) is 194 Å². The van der Waals surface area contributed by atoms with Gasteiger partial charge in [-0.1, -0.05) is 46.6 Å². The minimum atomic E-state index is -0.399. The molecular formula is C60H79N17O13S4.